The van der Waals surface area contributed by atoms with Crippen LogP contribution in [0.15, 0.2) is 24.3 Å². The average molecular weight is 185 g/mol. The number of carbonyl (C=O) groups is 1. The van der Waals surface area contributed by atoms with Gasteiger partial charge in [-0.2, -0.15) is 0 Å². The number of nitrogens with zero attached hydrogens (tertiary/aromatic N) is 1. The van der Waals surface area contributed by atoms with Crippen LogP contribution in [-0.4, -0.2) is 12.3 Å². The van der Waals surface area contributed by atoms with Gasteiger partial charge in [-0.3, -0.25) is 4.79 Å². The Morgan fingerprint density at radius 2 is 2.08 bits per heavy atom. The van der Waals surface area contributed by atoms with E-state index in [0.717, 1.165) is 4.90 Å². The zero-order valence-corrected chi connectivity index (χ0v) is 7.38. The SMILES string of the molecule is CN(C(=O)S)c1ccccc1F. The van der Waals surface area contributed by atoms with E-state index in [0.29, 0.717) is 0 Å². The van der Waals surface area contributed by atoms with Gasteiger partial charge in [-0.15, -0.1) is 0 Å². The van der Waals surface area contributed by atoms with E-state index in [1.807, 2.05) is 0 Å². The fourth-order valence-corrected chi connectivity index (χ4v) is 0.935. The normalized spacial score (nSPS) is 9.58. The summed E-state index contributed by atoms with van der Waals surface area (Å²) in [6.07, 6.45) is 0. The van der Waals surface area contributed by atoms with Crippen LogP contribution in [0.3, 0.4) is 0 Å². The molecule has 0 aliphatic rings. The van der Waals surface area contributed by atoms with Crippen LogP contribution in [0.2, 0.25) is 0 Å². The summed E-state index contributed by atoms with van der Waals surface area (Å²) in [6, 6.07) is 6.04. The standard InChI is InChI=1S/C8H8FNOS/c1-10(8(11)12)7-5-3-2-4-6(7)9/h2-5H,1H3,(H,11,12). The fraction of sp³-hybridized carbons (Fsp3) is 0.125. The largest absolute Gasteiger partial charge is 0.304 e. The summed E-state index contributed by atoms with van der Waals surface area (Å²) < 4.78 is 13.0. The summed E-state index contributed by atoms with van der Waals surface area (Å²) in [4.78, 5) is 11.9. The molecule has 0 spiro atoms. The van der Waals surface area contributed by atoms with Crippen LogP contribution in [0, 0.1) is 5.82 Å². The highest BCUT2D eigenvalue weighted by Gasteiger charge is 2.09. The predicted octanol–water partition coefficient (Wildman–Crippen LogP) is 2.31. The van der Waals surface area contributed by atoms with E-state index in [1.54, 1.807) is 12.1 Å². The molecule has 4 heteroatoms. The molecule has 12 heavy (non-hydrogen) atoms. The lowest BCUT2D eigenvalue weighted by atomic mass is 10.3. The highest BCUT2D eigenvalue weighted by Crippen LogP contribution is 2.17. The number of thiol groups is 1. The maximum atomic E-state index is 13.0. The predicted molar refractivity (Wildman–Crippen MR) is 49.2 cm³/mol. The smallest absolute Gasteiger partial charge is 0.282 e. The molecule has 0 aliphatic heterocycles. The van der Waals surface area contributed by atoms with Crippen molar-refractivity contribution in [3.8, 4) is 0 Å². The lowest BCUT2D eigenvalue weighted by Gasteiger charge is -2.14. The Kier molecular flexibility index (Phi) is 2.70. The van der Waals surface area contributed by atoms with Gasteiger partial charge in [0.25, 0.3) is 5.24 Å². The van der Waals surface area contributed by atoms with Crippen LogP contribution in [-0.2, 0) is 0 Å². The zero-order valence-electron chi connectivity index (χ0n) is 6.49. The number of carbonyl (C=O) groups excluding carboxylic acids is 1. The first-order chi connectivity index (χ1) is 5.63. The highest BCUT2D eigenvalue weighted by atomic mass is 32.1. The third kappa shape index (κ3) is 1.76. The number of para-hydroxylation sites is 1. The van der Waals surface area contributed by atoms with E-state index < -0.39 is 11.1 Å². The zero-order chi connectivity index (χ0) is 9.14. The second-order valence-corrected chi connectivity index (χ2v) is 2.68. The van der Waals surface area contributed by atoms with Gasteiger partial charge in [0.1, 0.15) is 5.82 Å². The summed E-state index contributed by atoms with van der Waals surface area (Å²) >= 11 is 3.57. The van der Waals surface area contributed by atoms with Crippen LogP contribution < -0.4 is 4.90 Å². The molecule has 0 radical (unpaired) electrons. The van der Waals surface area contributed by atoms with E-state index in [1.165, 1.54) is 19.2 Å². The second-order valence-electron chi connectivity index (χ2n) is 2.29. The van der Waals surface area contributed by atoms with Crippen LogP contribution in [0.5, 0.6) is 0 Å². The van der Waals surface area contributed by atoms with E-state index in [2.05, 4.69) is 12.6 Å². The molecule has 0 unspecified atom stereocenters. The van der Waals surface area contributed by atoms with Crippen molar-refractivity contribution in [1.82, 2.24) is 0 Å². The molecule has 1 aromatic carbocycles. The fourth-order valence-electron chi connectivity index (χ4n) is 0.827. The summed E-state index contributed by atoms with van der Waals surface area (Å²) in [5.74, 6) is -0.428. The van der Waals surface area contributed by atoms with Crippen molar-refractivity contribution in [3.63, 3.8) is 0 Å². The molecule has 0 saturated heterocycles. The Morgan fingerprint density at radius 3 is 2.58 bits per heavy atom. The summed E-state index contributed by atoms with van der Waals surface area (Å²) in [7, 11) is 1.47. The average Bonchev–Trinajstić information content (AvgIpc) is 2.04. The van der Waals surface area contributed by atoms with Gasteiger partial charge in [-0.1, -0.05) is 24.8 Å². The van der Waals surface area contributed by atoms with Crippen molar-refractivity contribution in [3.05, 3.63) is 30.1 Å². The minimum absolute atomic E-state index is 0.234. The molecule has 1 amide bonds. The maximum absolute atomic E-state index is 13.0. The van der Waals surface area contributed by atoms with Crippen molar-refractivity contribution >= 4 is 23.6 Å². The number of rotatable bonds is 1. The topological polar surface area (TPSA) is 20.3 Å². The van der Waals surface area contributed by atoms with Crippen LogP contribution in [0.1, 0.15) is 0 Å². The molecule has 0 aromatic heterocycles. The monoisotopic (exact) mass is 185 g/mol. The molecule has 0 atom stereocenters. The molecule has 2 nitrogen and oxygen atoms in total. The first kappa shape index (κ1) is 9.06. The maximum Gasteiger partial charge on any atom is 0.282 e. The van der Waals surface area contributed by atoms with Gasteiger partial charge in [0.15, 0.2) is 0 Å². The molecule has 0 N–H and O–H groups in total. The van der Waals surface area contributed by atoms with E-state index >= 15 is 0 Å². The van der Waals surface area contributed by atoms with Crippen molar-refractivity contribution in [1.29, 1.82) is 0 Å². The molecule has 0 aliphatic carbocycles. The number of anilines is 1. The van der Waals surface area contributed by atoms with Crippen LogP contribution in [0.25, 0.3) is 0 Å². The Balaban J connectivity index is 3.02. The number of halogens is 1. The number of hydrogen-bond donors (Lipinski definition) is 1. The second kappa shape index (κ2) is 3.58. The molecule has 0 fully saturated rings. The molecule has 1 rings (SSSR count). The third-order valence-electron chi connectivity index (χ3n) is 1.50. The summed E-state index contributed by atoms with van der Waals surface area (Å²) in [5.41, 5.74) is 0.234. The van der Waals surface area contributed by atoms with Crippen LogP contribution >= 0.6 is 12.6 Å². The third-order valence-corrected chi connectivity index (χ3v) is 1.80. The molecular formula is C8H8FNOS. The van der Waals surface area contributed by atoms with Gasteiger partial charge in [0.2, 0.25) is 0 Å². The lowest BCUT2D eigenvalue weighted by molar-refractivity contribution is 0.266. The molecule has 64 valence electrons. The Morgan fingerprint density at radius 1 is 1.50 bits per heavy atom. The Bertz CT molecular complexity index is 303. The number of benzene rings is 1. The van der Waals surface area contributed by atoms with E-state index in [9.17, 15) is 9.18 Å². The first-order valence-electron chi connectivity index (χ1n) is 3.34. The highest BCUT2D eigenvalue weighted by molar-refractivity contribution is 7.96. The van der Waals surface area contributed by atoms with Gasteiger partial charge in [-0.05, 0) is 12.1 Å². The van der Waals surface area contributed by atoms with Gasteiger partial charge in [0.05, 0.1) is 5.69 Å². The van der Waals surface area contributed by atoms with Crippen molar-refractivity contribution in [2.24, 2.45) is 0 Å². The van der Waals surface area contributed by atoms with Crippen molar-refractivity contribution < 1.29 is 9.18 Å². The lowest BCUT2D eigenvalue weighted by Crippen LogP contribution is -2.20. The van der Waals surface area contributed by atoms with Gasteiger partial charge >= 0.3 is 0 Å². The Labute approximate surface area is 75.4 Å². The van der Waals surface area contributed by atoms with E-state index in [-0.39, 0.29) is 5.69 Å². The molecule has 0 heterocycles. The minimum atomic E-state index is -0.486. The summed E-state index contributed by atoms with van der Waals surface area (Å²) in [5, 5.41) is -0.486. The minimum Gasteiger partial charge on any atom is -0.304 e. The quantitative estimate of drug-likeness (QED) is 0.666. The van der Waals surface area contributed by atoms with Crippen LogP contribution in [0.4, 0.5) is 14.9 Å². The van der Waals surface area contributed by atoms with Gasteiger partial charge in [-0.25, -0.2) is 4.39 Å². The number of hydrogen-bond acceptors (Lipinski definition) is 1. The first-order valence-corrected chi connectivity index (χ1v) is 3.79. The molecule has 0 saturated carbocycles. The van der Waals surface area contributed by atoms with E-state index in [4.69, 9.17) is 0 Å². The van der Waals surface area contributed by atoms with Crippen molar-refractivity contribution in [2.75, 3.05) is 11.9 Å². The Hall–Kier alpha value is -1.03. The number of amides is 1. The molecular weight excluding hydrogens is 177 g/mol. The van der Waals surface area contributed by atoms with Crippen molar-refractivity contribution in [2.45, 2.75) is 0 Å². The van der Waals surface area contributed by atoms with Gasteiger partial charge in [0, 0.05) is 7.05 Å². The molecule has 0 bridgehead atoms. The summed E-state index contributed by atoms with van der Waals surface area (Å²) in [6.45, 7) is 0. The molecule has 1 aromatic rings. The van der Waals surface area contributed by atoms with Gasteiger partial charge < -0.3 is 4.90 Å².